The standard InChI is InChI=1S/C11H19NO4/c1-7(2)8(9(13)14)12-10(15)16-11(3)5-4-6-11/h7-8H,4-6H2,1-3H3,(H,12,15)(H,13,14). The van der Waals surface area contributed by atoms with E-state index in [9.17, 15) is 9.59 Å². The van der Waals surface area contributed by atoms with Crippen molar-refractivity contribution in [3.8, 4) is 0 Å². The number of carboxylic acids is 1. The Labute approximate surface area is 95.2 Å². The van der Waals surface area contributed by atoms with Crippen LogP contribution >= 0.6 is 0 Å². The van der Waals surface area contributed by atoms with Crippen LogP contribution in [-0.4, -0.2) is 28.8 Å². The highest BCUT2D eigenvalue weighted by Crippen LogP contribution is 2.34. The second-order valence-electron chi connectivity index (χ2n) is 4.90. The first-order valence-corrected chi connectivity index (χ1v) is 5.56. The molecule has 0 aromatic rings. The molecule has 1 aliphatic carbocycles. The quantitative estimate of drug-likeness (QED) is 0.770. The van der Waals surface area contributed by atoms with Gasteiger partial charge in [-0.15, -0.1) is 0 Å². The summed E-state index contributed by atoms with van der Waals surface area (Å²) in [5.74, 6) is -1.20. The summed E-state index contributed by atoms with van der Waals surface area (Å²) in [5.41, 5.74) is -0.399. The van der Waals surface area contributed by atoms with Gasteiger partial charge in [0.05, 0.1) is 0 Å². The van der Waals surface area contributed by atoms with Gasteiger partial charge in [-0.1, -0.05) is 13.8 Å². The fraction of sp³-hybridized carbons (Fsp3) is 0.818. The number of alkyl carbamates (subject to hydrolysis) is 1. The fourth-order valence-electron chi connectivity index (χ4n) is 1.67. The summed E-state index contributed by atoms with van der Waals surface area (Å²) in [5, 5.41) is 11.3. The number of rotatable bonds is 4. The lowest BCUT2D eigenvalue weighted by Crippen LogP contribution is -2.48. The second-order valence-corrected chi connectivity index (χ2v) is 4.90. The summed E-state index contributed by atoms with van der Waals surface area (Å²) in [6.45, 7) is 5.34. The Bertz CT molecular complexity index is 284. The summed E-state index contributed by atoms with van der Waals surface area (Å²) in [6.07, 6.45) is 2.11. The Morgan fingerprint density at radius 1 is 1.38 bits per heavy atom. The molecule has 1 saturated carbocycles. The van der Waals surface area contributed by atoms with Crippen molar-refractivity contribution in [2.75, 3.05) is 0 Å². The van der Waals surface area contributed by atoms with E-state index >= 15 is 0 Å². The van der Waals surface area contributed by atoms with Crippen LogP contribution in [0, 0.1) is 5.92 Å². The zero-order chi connectivity index (χ0) is 12.3. The predicted molar refractivity (Wildman–Crippen MR) is 58.1 cm³/mol. The fourth-order valence-corrected chi connectivity index (χ4v) is 1.67. The van der Waals surface area contributed by atoms with E-state index in [4.69, 9.17) is 9.84 Å². The lowest BCUT2D eigenvalue weighted by molar-refractivity contribution is -0.140. The molecule has 0 spiro atoms. The van der Waals surface area contributed by atoms with Gasteiger partial charge in [0.1, 0.15) is 11.6 Å². The molecule has 16 heavy (non-hydrogen) atoms. The van der Waals surface area contributed by atoms with Crippen molar-refractivity contribution in [2.45, 2.75) is 51.7 Å². The molecule has 92 valence electrons. The molecule has 0 aliphatic heterocycles. The predicted octanol–water partition coefficient (Wildman–Crippen LogP) is 1.76. The maximum atomic E-state index is 11.5. The third-order valence-electron chi connectivity index (χ3n) is 2.96. The van der Waals surface area contributed by atoms with Gasteiger partial charge in [-0.3, -0.25) is 0 Å². The van der Waals surface area contributed by atoms with Crippen molar-refractivity contribution in [3.05, 3.63) is 0 Å². The Balaban J connectivity index is 2.45. The zero-order valence-corrected chi connectivity index (χ0v) is 9.95. The van der Waals surface area contributed by atoms with Gasteiger partial charge in [-0.25, -0.2) is 9.59 Å². The molecule has 5 heteroatoms. The Morgan fingerprint density at radius 3 is 2.25 bits per heavy atom. The number of nitrogens with one attached hydrogen (secondary N) is 1. The van der Waals surface area contributed by atoms with Gasteiger partial charge in [0.2, 0.25) is 0 Å². The number of ether oxygens (including phenoxy) is 1. The van der Waals surface area contributed by atoms with Crippen molar-refractivity contribution >= 4 is 12.1 Å². The van der Waals surface area contributed by atoms with Crippen LogP contribution in [0.5, 0.6) is 0 Å². The summed E-state index contributed by atoms with van der Waals surface area (Å²) in [7, 11) is 0. The number of hydrogen-bond acceptors (Lipinski definition) is 3. The van der Waals surface area contributed by atoms with E-state index in [0.717, 1.165) is 19.3 Å². The van der Waals surface area contributed by atoms with E-state index in [1.165, 1.54) is 0 Å². The number of carboxylic acid groups (broad SMARTS) is 1. The third-order valence-corrected chi connectivity index (χ3v) is 2.96. The number of carbonyl (C=O) groups is 2. The molecular formula is C11H19NO4. The minimum Gasteiger partial charge on any atom is -0.480 e. The topological polar surface area (TPSA) is 75.6 Å². The van der Waals surface area contributed by atoms with Gasteiger partial charge in [0.15, 0.2) is 0 Å². The molecule has 0 aromatic carbocycles. The number of amides is 1. The third kappa shape index (κ3) is 3.12. The van der Waals surface area contributed by atoms with Gasteiger partial charge < -0.3 is 15.2 Å². The van der Waals surface area contributed by atoms with E-state index in [0.29, 0.717) is 0 Å². The first-order valence-electron chi connectivity index (χ1n) is 5.56. The first kappa shape index (κ1) is 12.8. The zero-order valence-electron chi connectivity index (χ0n) is 9.95. The highest BCUT2D eigenvalue weighted by atomic mass is 16.6. The van der Waals surface area contributed by atoms with Crippen LogP contribution < -0.4 is 5.32 Å². The highest BCUT2D eigenvalue weighted by molar-refractivity contribution is 5.80. The van der Waals surface area contributed by atoms with Crippen LogP contribution in [0.1, 0.15) is 40.0 Å². The van der Waals surface area contributed by atoms with Gasteiger partial charge in [0.25, 0.3) is 0 Å². The molecule has 1 amide bonds. The van der Waals surface area contributed by atoms with Gasteiger partial charge in [-0.05, 0) is 32.1 Å². The lowest BCUT2D eigenvalue weighted by atomic mass is 9.82. The van der Waals surface area contributed by atoms with E-state index in [-0.39, 0.29) is 5.92 Å². The molecule has 0 aromatic heterocycles. The van der Waals surface area contributed by atoms with E-state index in [2.05, 4.69) is 5.32 Å². The SMILES string of the molecule is CC(C)C(NC(=O)OC1(C)CCC1)C(=O)O. The van der Waals surface area contributed by atoms with E-state index in [1.807, 2.05) is 6.92 Å². The molecule has 1 unspecified atom stereocenters. The number of aliphatic carboxylic acids is 1. The van der Waals surface area contributed by atoms with E-state index < -0.39 is 23.7 Å². The Kier molecular flexibility index (Phi) is 3.78. The van der Waals surface area contributed by atoms with Crippen LogP contribution in [0.2, 0.25) is 0 Å². The van der Waals surface area contributed by atoms with Crippen LogP contribution in [0.4, 0.5) is 4.79 Å². The molecule has 1 atom stereocenters. The number of carbonyl (C=O) groups excluding carboxylic acids is 1. The first-order chi connectivity index (χ1) is 7.34. The van der Waals surface area contributed by atoms with E-state index in [1.54, 1.807) is 13.8 Å². The monoisotopic (exact) mass is 229 g/mol. The van der Waals surface area contributed by atoms with Crippen molar-refractivity contribution in [1.29, 1.82) is 0 Å². The molecular weight excluding hydrogens is 210 g/mol. The van der Waals surface area contributed by atoms with Gasteiger partial charge in [-0.2, -0.15) is 0 Å². The molecule has 5 nitrogen and oxygen atoms in total. The van der Waals surface area contributed by atoms with Crippen LogP contribution in [-0.2, 0) is 9.53 Å². The maximum absolute atomic E-state index is 11.5. The molecule has 0 radical (unpaired) electrons. The average Bonchev–Trinajstić information content (AvgIpc) is 2.10. The second kappa shape index (κ2) is 4.72. The molecule has 1 fully saturated rings. The summed E-state index contributed by atoms with van der Waals surface area (Å²) in [6, 6.07) is -0.892. The summed E-state index contributed by atoms with van der Waals surface area (Å²) < 4.78 is 5.19. The molecule has 0 heterocycles. The number of hydrogen-bond donors (Lipinski definition) is 2. The summed E-state index contributed by atoms with van der Waals surface area (Å²) >= 11 is 0. The van der Waals surface area contributed by atoms with Crippen LogP contribution in [0.3, 0.4) is 0 Å². The largest absolute Gasteiger partial charge is 0.480 e. The molecule has 2 N–H and O–H groups in total. The molecule has 1 aliphatic rings. The summed E-state index contributed by atoms with van der Waals surface area (Å²) in [4.78, 5) is 22.3. The van der Waals surface area contributed by atoms with Crippen LogP contribution in [0.25, 0.3) is 0 Å². The van der Waals surface area contributed by atoms with Gasteiger partial charge in [0, 0.05) is 0 Å². The van der Waals surface area contributed by atoms with Crippen molar-refractivity contribution in [3.63, 3.8) is 0 Å². The minimum absolute atomic E-state index is 0.167. The molecule has 0 bridgehead atoms. The molecule has 0 saturated heterocycles. The maximum Gasteiger partial charge on any atom is 0.408 e. The molecule has 1 rings (SSSR count). The Hall–Kier alpha value is -1.26. The van der Waals surface area contributed by atoms with Crippen molar-refractivity contribution < 1.29 is 19.4 Å². The van der Waals surface area contributed by atoms with Crippen LogP contribution in [0.15, 0.2) is 0 Å². The average molecular weight is 229 g/mol. The normalized spacial score (nSPS) is 19.8. The van der Waals surface area contributed by atoms with Crippen molar-refractivity contribution in [2.24, 2.45) is 5.92 Å². The van der Waals surface area contributed by atoms with Gasteiger partial charge >= 0.3 is 12.1 Å². The highest BCUT2D eigenvalue weighted by Gasteiger charge is 2.36. The Morgan fingerprint density at radius 2 is 1.94 bits per heavy atom. The smallest absolute Gasteiger partial charge is 0.408 e. The minimum atomic E-state index is -1.04. The van der Waals surface area contributed by atoms with Crippen molar-refractivity contribution in [1.82, 2.24) is 5.32 Å². The lowest BCUT2D eigenvalue weighted by Gasteiger charge is -2.37.